The Labute approximate surface area is 369 Å². The zero-order valence-corrected chi connectivity index (χ0v) is 34.8. The van der Waals surface area contributed by atoms with E-state index in [0.717, 1.165) is 51.5 Å². The molecule has 5 nitrogen and oxygen atoms in total. The number of para-hydroxylation sites is 3. The lowest BCUT2D eigenvalue weighted by Gasteiger charge is -2.32. The lowest BCUT2D eigenvalue weighted by Crippen LogP contribution is -2.29. The van der Waals surface area contributed by atoms with E-state index in [4.69, 9.17) is 15.0 Å². The first kappa shape index (κ1) is 39.0. The molecule has 5 heteroatoms. The number of rotatable bonds is 12. The Balaban J connectivity index is 1.04. The molecule has 0 spiro atoms. The molecule has 8 aromatic carbocycles. The molecule has 1 unspecified atom stereocenters. The molecule has 0 aliphatic heterocycles. The maximum absolute atomic E-state index is 5.17. The summed E-state index contributed by atoms with van der Waals surface area (Å²) in [7, 11) is 0. The standard InChI is InChI=1S/C58H45N5/c1-7-19-43(20-8-1)55(44-21-9-2-10-22-44)45-31-33-46(34-32-45)56-59-57(47-35-39-53(40-36-47)62(49-23-11-3-12-24-49)50-25-13-4-14-26-50)61-58(60-56)48-37-41-54(42-38-48)63(51-27-15-5-16-28-51)52-29-17-6-18-30-52/h1-29,31-42,52,55H,30H2. The second kappa shape index (κ2) is 18.2. The van der Waals surface area contributed by atoms with Crippen LogP contribution in [0.2, 0.25) is 0 Å². The summed E-state index contributed by atoms with van der Waals surface area (Å²) in [6.45, 7) is 0. The molecule has 1 aliphatic carbocycles. The summed E-state index contributed by atoms with van der Waals surface area (Å²) in [5.74, 6) is 1.93. The summed E-state index contributed by atoms with van der Waals surface area (Å²) >= 11 is 0. The summed E-state index contributed by atoms with van der Waals surface area (Å²) in [6, 6.07) is 78.9. The first-order chi connectivity index (χ1) is 31.2. The van der Waals surface area contributed by atoms with Crippen LogP contribution in [-0.4, -0.2) is 21.0 Å². The van der Waals surface area contributed by atoms with Gasteiger partial charge in [0.2, 0.25) is 0 Å². The fourth-order valence-corrected chi connectivity index (χ4v) is 8.47. The predicted octanol–water partition coefficient (Wildman–Crippen LogP) is 14.5. The van der Waals surface area contributed by atoms with Crippen LogP contribution in [0, 0.1) is 0 Å². The van der Waals surface area contributed by atoms with Gasteiger partial charge in [0.25, 0.3) is 0 Å². The van der Waals surface area contributed by atoms with Crippen LogP contribution in [0.1, 0.15) is 29.0 Å². The first-order valence-electron chi connectivity index (χ1n) is 21.5. The van der Waals surface area contributed by atoms with Crippen molar-refractivity contribution in [3.05, 3.63) is 265 Å². The average molecular weight is 812 g/mol. The molecule has 1 heterocycles. The van der Waals surface area contributed by atoms with Crippen molar-refractivity contribution in [2.24, 2.45) is 0 Å². The highest BCUT2D eigenvalue weighted by molar-refractivity contribution is 5.78. The van der Waals surface area contributed by atoms with Crippen LogP contribution < -0.4 is 9.80 Å². The van der Waals surface area contributed by atoms with Crippen molar-refractivity contribution in [3.63, 3.8) is 0 Å². The molecule has 1 aliphatic rings. The number of hydrogen-bond donors (Lipinski definition) is 0. The zero-order chi connectivity index (χ0) is 42.2. The number of benzene rings is 8. The van der Waals surface area contributed by atoms with Crippen molar-refractivity contribution in [3.8, 4) is 34.2 Å². The molecule has 0 amide bonds. The second-order valence-electron chi connectivity index (χ2n) is 15.6. The fourth-order valence-electron chi connectivity index (χ4n) is 8.47. The topological polar surface area (TPSA) is 45.2 Å². The van der Waals surface area contributed by atoms with Gasteiger partial charge in [0, 0.05) is 51.0 Å². The van der Waals surface area contributed by atoms with Gasteiger partial charge in [0.1, 0.15) is 0 Å². The van der Waals surface area contributed by atoms with Crippen LogP contribution in [-0.2, 0) is 0 Å². The molecule has 10 rings (SSSR count). The van der Waals surface area contributed by atoms with E-state index >= 15 is 0 Å². The smallest absolute Gasteiger partial charge is 0.164 e. The van der Waals surface area contributed by atoms with Crippen LogP contribution in [0.3, 0.4) is 0 Å². The van der Waals surface area contributed by atoms with Gasteiger partial charge in [-0.2, -0.15) is 0 Å². The van der Waals surface area contributed by atoms with Crippen LogP contribution in [0.15, 0.2) is 249 Å². The van der Waals surface area contributed by atoms with E-state index < -0.39 is 0 Å². The summed E-state index contributed by atoms with van der Waals surface area (Å²) < 4.78 is 0. The van der Waals surface area contributed by atoms with Crippen LogP contribution in [0.4, 0.5) is 28.4 Å². The Hall–Kier alpha value is -8.15. The molecule has 0 radical (unpaired) electrons. The molecule has 0 fully saturated rings. The first-order valence-corrected chi connectivity index (χ1v) is 21.5. The maximum atomic E-state index is 5.17. The van der Waals surface area contributed by atoms with Gasteiger partial charge in [-0.05, 0) is 108 Å². The predicted molar refractivity (Wildman–Crippen MR) is 260 cm³/mol. The van der Waals surface area contributed by atoms with Crippen LogP contribution in [0.5, 0.6) is 0 Å². The molecular formula is C58H45N5. The highest BCUT2D eigenvalue weighted by Gasteiger charge is 2.21. The number of allylic oxidation sites excluding steroid dienone is 2. The minimum atomic E-state index is 0.0878. The summed E-state index contributed by atoms with van der Waals surface area (Å²) in [5.41, 5.74) is 11.9. The van der Waals surface area contributed by atoms with Gasteiger partial charge in [-0.25, -0.2) is 15.0 Å². The van der Waals surface area contributed by atoms with Crippen LogP contribution in [0.25, 0.3) is 34.2 Å². The van der Waals surface area contributed by atoms with Gasteiger partial charge in [0.15, 0.2) is 17.5 Å². The highest BCUT2D eigenvalue weighted by atomic mass is 15.2. The number of hydrogen-bond acceptors (Lipinski definition) is 5. The molecule has 1 aromatic heterocycles. The Morgan fingerprint density at radius 3 is 1.13 bits per heavy atom. The van der Waals surface area contributed by atoms with Crippen molar-refractivity contribution >= 4 is 28.4 Å². The van der Waals surface area contributed by atoms with Gasteiger partial charge in [-0.3, -0.25) is 0 Å². The van der Waals surface area contributed by atoms with E-state index in [1.165, 1.54) is 16.7 Å². The monoisotopic (exact) mass is 811 g/mol. The molecule has 1 atom stereocenters. The third kappa shape index (κ3) is 8.59. The van der Waals surface area contributed by atoms with Crippen molar-refractivity contribution < 1.29 is 0 Å². The second-order valence-corrected chi connectivity index (χ2v) is 15.6. The summed E-state index contributed by atoms with van der Waals surface area (Å²) in [6.07, 6.45) is 9.68. The Morgan fingerprint density at radius 2 is 0.698 bits per heavy atom. The molecule has 0 bridgehead atoms. The Kier molecular flexibility index (Phi) is 11.3. The molecule has 0 saturated heterocycles. The van der Waals surface area contributed by atoms with Gasteiger partial charge in [0.05, 0.1) is 6.04 Å². The lowest BCUT2D eigenvalue weighted by molar-refractivity contribution is 0.785. The highest BCUT2D eigenvalue weighted by Crippen LogP contribution is 2.37. The molecule has 0 saturated carbocycles. The van der Waals surface area contributed by atoms with Crippen molar-refractivity contribution in [2.75, 3.05) is 9.80 Å². The van der Waals surface area contributed by atoms with E-state index in [1.807, 2.05) is 12.1 Å². The third-order valence-corrected chi connectivity index (χ3v) is 11.5. The zero-order valence-electron chi connectivity index (χ0n) is 34.8. The Bertz CT molecular complexity index is 2710. The quantitative estimate of drug-likeness (QED) is 0.115. The van der Waals surface area contributed by atoms with E-state index in [1.54, 1.807) is 0 Å². The minimum absolute atomic E-state index is 0.0878. The maximum Gasteiger partial charge on any atom is 0.164 e. The largest absolute Gasteiger partial charge is 0.334 e. The van der Waals surface area contributed by atoms with Crippen molar-refractivity contribution in [1.29, 1.82) is 0 Å². The molecular weight excluding hydrogens is 767 g/mol. The van der Waals surface area contributed by atoms with E-state index in [2.05, 4.69) is 246 Å². The minimum Gasteiger partial charge on any atom is -0.334 e. The van der Waals surface area contributed by atoms with E-state index in [-0.39, 0.29) is 12.0 Å². The Morgan fingerprint density at radius 1 is 0.349 bits per heavy atom. The van der Waals surface area contributed by atoms with Crippen molar-refractivity contribution in [1.82, 2.24) is 15.0 Å². The van der Waals surface area contributed by atoms with Gasteiger partial charge in [-0.15, -0.1) is 0 Å². The summed E-state index contributed by atoms with van der Waals surface area (Å²) in [5, 5.41) is 0. The molecule has 63 heavy (non-hydrogen) atoms. The number of aromatic nitrogens is 3. The SMILES string of the molecule is C1=CCC(N(c2ccccc2)c2ccc(-c3nc(-c4ccc(C(c5ccccc5)c5ccccc5)cc4)nc(-c4ccc(N(c5ccccc5)c5ccccc5)cc4)n3)cc2)C=C1. The summed E-state index contributed by atoms with van der Waals surface area (Å²) in [4.78, 5) is 20.2. The van der Waals surface area contributed by atoms with Crippen LogP contribution >= 0.6 is 0 Å². The van der Waals surface area contributed by atoms with Gasteiger partial charge < -0.3 is 9.80 Å². The van der Waals surface area contributed by atoms with E-state index in [0.29, 0.717) is 17.5 Å². The third-order valence-electron chi connectivity index (χ3n) is 11.5. The average Bonchev–Trinajstić information content (AvgIpc) is 3.37. The number of nitrogens with zero attached hydrogens (tertiary/aromatic N) is 5. The molecule has 9 aromatic rings. The van der Waals surface area contributed by atoms with Gasteiger partial charge >= 0.3 is 0 Å². The lowest BCUT2D eigenvalue weighted by atomic mass is 9.85. The normalized spacial score (nSPS) is 13.2. The molecule has 0 N–H and O–H groups in total. The van der Waals surface area contributed by atoms with Crippen molar-refractivity contribution in [2.45, 2.75) is 18.4 Å². The fraction of sp³-hybridized carbons (Fsp3) is 0.0517. The van der Waals surface area contributed by atoms with E-state index in [9.17, 15) is 0 Å². The number of anilines is 5. The van der Waals surface area contributed by atoms with Gasteiger partial charge in [-0.1, -0.05) is 164 Å². The molecule has 302 valence electrons.